The smallest absolute Gasteiger partial charge is 0.406 e. The van der Waals surface area contributed by atoms with Crippen LogP contribution in [-0.4, -0.2) is 23.4 Å². The van der Waals surface area contributed by atoms with Crippen LogP contribution in [0.1, 0.15) is 5.56 Å². The van der Waals surface area contributed by atoms with Gasteiger partial charge in [0.1, 0.15) is 11.6 Å². The number of benzene rings is 2. The van der Waals surface area contributed by atoms with Crippen LogP contribution in [0.4, 0.5) is 30.6 Å². The van der Waals surface area contributed by atoms with Gasteiger partial charge in [-0.25, -0.2) is 4.98 Å². The van der Waals surface area contributed by atoms with Crippen LogP contribution in [0.3, 0.4) is 0 Å². The molecule has 0 saturated carbocycles. The molecule has 0 fully saturated rings. The molecule has 0 atom stereocenters. The third-order valence-electron chi connectivity index (χ3n) is 3.70. The van der Waals surface area contributed by atoms with Gasteiger partial charge in [0.2, 0.25) is 5.95 Å². The van der Waals surface area contributed by atoms with Crippen LogP contribution in [0.25, 0.3) is 11.3 Å². The number of aryl methyl sites for hydroxylation is 1. The number of hydrogen-bond acceptors (Lipinski definition) is 5. The second kappa shape index (κ2) is 7.93. The largest absolute Gasteiger partial charge is 0.573 e. The quantitative estimate of drug-likeness (QED) is 0.559. The molecule has 0 saturated heterocycles. The molecule has 1 aromatic heterocycles. The zero-order chi connectivity index (χ0) is 20.3. The van der Waals surface area contributed by atoms with Crippen molar-refractivity contribution in [2.45, 2.75) is 13.3 Å². The number of alkyl halides is 3. The topological polar surface area (TPSA) is 59.1 Å². The van der Waals surface area contributed by atoms with Crippen molar-refractivity contribution >= 4 is 29.1 Å². The van der Waals surface area contributed by atoms with E-state index in [1.165, 1.54) is 18.2 Å². The molecule has 0 aliphatic heterocycles. The zero-order valence-corrected chi connectivity index (χ0v) is 15.7. The number of nitrogens with zero attached hydrogens (tertiary/aromatic N) is 2. The highest BCUT2D eigenvalue weighted by Crippen LogP contribution is 2.30. The third-order valence-corrected chi connectivity index (χ3v) is 4.01. The van der Waals surface area contributed by atoms with E-state index in [0.29, 0.717) is 33.7 Å². The fraction of sp³-hybridized carbons (Fsp3) is 0.158. The second-order valence-corrected chi connectivity index (χ2v) is 6.30. The fourth-order valence-electron chi connectivity index (χ4n) is 2.48. The van der Waals surface area contributed by atoms with Gasteiger partial charge in [0.25, 0.3) is 0 Å². The van der Waals surface area contributed by atoms with Crippen LogP contribution in [0.2, 0.25) is 5.02 Å². The summed E-state index contributed by atoms with van der Waals surface area (Å²) >= 11 is 6.25. The van der Waals surface area contributed by atoms with Crippen molar-refractivity contribution in [2.75, 3.05) is 17.7 Å². The first-order valence-corrected chi connectivity index (χ1v) is 8.57. The summed E-state index contributed by atoms with van der Waals surface area (Å²) in [5.74, 6) is 0.401. The van der Waals surface area contributed by atoms with Gasteiger partial charge in [0.05, 0.1) is 16.4 Å². The van der Waals surface area contributed by atoms with E-state index in [1.54, 1.807) is 19.2 Å². The molecule has 146 valence electrons. The lowest BCUT2D eigenvalue weighted by Crippen LogP contribution is -2.17. The Morgan fingerprint density at radius 1 is 1.04 bits per heavy atom. The van der Waals surface area contributed by atoms with Gasteiger partial charge in [-0.05, 0) is 36.8 Å². The van der Waals surface area contributed by atoms with E-state index in [2.05, 4.69) is 25.3 Å². The normalized spacial score (nSPS) is 11.2. The predicted molar refractivity (Wildman–Crippen MR) is 103 cm³/mol. The van der Waals surface area contributed by atoms with E-state index in [-0.39, 0.29) is 5.75 Å². The van der Waals surface area contributed by atoms with Crippen LogP contribution >= 0.6 is 11.6 Å². The van der Waals surface area contributed by atoms with E-state index >= 15 is 0 Å². The average molecular weight is 409 g/mol. The number of ether oxygens (including phenoxy) is 1. The number of rotatable bonds is 5. The molecule has 2 N–H and O–H groups in total. The predicted octanol–water partition coefficient (Wildman–Crippen LogP) is 5.79. The van der Waals surface area contributed by atoms with Gasteiger partial charge >= 0.3 is 6.36 Å². The molecule has 0 aliphatic rings. The molecule has 0 aliphatic carbocycles. The van der Waals surface area contributed by atoms with Gasteiger partial charge in [-0.3, -0.25) is 0 Å². The molecule has 28 heavy (non-hydrogen) atoms. The highest BCUT2D eigenvalue weighted by atomic mass is 35.5. The molecule has 0 radical (unpaired) electrons. The van der Waals surface area contributed by atoms with E-state index in [0.717, 1.165) is 5.56 Å². The standard InChI is InChI=1S/C19H16ClF3N4O/c1-11-6-7-15(14(20)8-11)25-17-10-16(26-18(24-2)27-17)12-4-3-5-13(9-12)28-19(21,22)23/h3-10H,1-2H3,(H2,24,25,26,27). The van der Waals surface area contributed by atoms with Crippen LogP contribution < -0.4 is 15.4 Å². The summed E-state index contributed by atoms with van der Waals surface area (Å²) in [6, 6.07) is 12.7. The van der Waals surface area contributed by atoms with Crippen molar-refractivity contribution in [3.8, 4) is 17.0 Å². The summed E-state index contributed by atoms with van der Waals surface area (Å²) in [5, 5.41) is 6.46. The minimum absolute atomic E-state index is 0.297. The summed E-state index contributed by atoms with van der Waals surface area (Å²) in [4.78, 5) is 8.62. The Hall–Kier alpha value is -3.00. The number of halogens is 4. The lowest BCUT2D eigenvalue weighted by atomic mass is 10.1. The third kappa shape index (κ3) is 5.04. The van der Waals surface area contributed by atoms with Gasteiger partial charge in [-0.2, -0.15) is 4.98 Å². The van der Waals surface area contributed by atoms with E-state index in [9.17, 15) is 13.2 Å². The Kier molecular flexibility index (Phi) is 5.60. The van der Waals surface area contributed by atoms with Crippen molar-refractivity contribution in [1.29, 1.82) is 0 Å². The first-order valence-electron chi connectivity index (χ1n) is 8.20. The summed E-state index contributed by atoms with van der Waals surface area (Å²) in [6.07, 6.45) is -4.77. The van der Waals surface area contributed by atoms with Gasteiger partial charge in [0.15, 0.2) is 0 Å². The summed E-state index contributed by atoms with van der Waals surface area (Å²) in [7, 11) is 1.64. The van der Waals surface area contributed by atoms with Crippen molar-refractivity contribution in [3.05, 3.63) is 59.1 Å². The number of aromatic nitrogens is 2. The van der Waals surface area contributed by atoms with E-state index in [1.807, 2.05) is 25.1 Å². The van der Waals surface area contributed by atoms with Gasteiger partial charge in [-0.1, -0.05) is 29.8 Å². The molecule has 9 heteroatoms. The lowest BCUT2D eigenvalue weighted by molar-refractivity contribution is -0.274. The lowest BCUT2D eigenvalue weighted by Gasteiger charge is -2.13. The molecule has 5 nitrogen and oxygen atoms in total. The summed E-state index contributed by atoms with van der Waals surface area (Å²) in [6.45, 7) is 1.92. The number of nitrogens with one attached hydrogen (secondary N) is 2. The minimum Gasteiger partial charge on any atom is -0.406 e. The Bertz CT molecular complexity index is 995. The van der Waals surface area contributed by atoms with E-state index in [4.69, 9.17) is 11.6 Å². The first-order chi connectivity index (χ1) is 13.2. The molecule has 0 spiro atoms. The van der Waals surface area contributed by atoms with Crippen LogP contribution in [-0.2, 0) is 0 Å². The van der Waals surface area contributed by atoms with Crippen LogP contribution in [0, 0.1) is 6.92 Å². The Morgan fingerprint density at radius 2 is 1.82 bits per heavy atom. The average Bonchev–Trinajstić information content (AvgIpc) is 2.62. The Balaban J connectivity index is 1.96. The van der Waals surface area contributed by atoms with Crippen LogP contribution in [0.15, 0.2) is 48.5 Å². The van der Waals surface area contributed by atoms with Crippen molar-refractivity contribution < 1.29 is 17.9 Å². The molecular weight excluding hydrogens is 393 g/mol. The maximum Gasteiger partial charge on any atom is 0.573 e. The molecule has 0 unspecified atom stereocenters. The van der Waals surface area contributed by atoms with Gasteiger partial charge < -0.3 is 15.4 Å². The molecule has 3 aromatic rings. The van der Waals surface area contributed by atoms with Gasteiger partial charge in [0, 0.05) is 18.7 Å². The first kappa shape index (κ1) is 19.8. The molecule has 0 amide bonds. The molecular formula is C19H16ClF3N4O. The SMILES string of the molecule is CNc1nc(Nc2ccc(C)cc2Cl)cc(-c2cccc(OC(F)(F)F)c2)n1. The highest BCUT2D eigenvalue weighted by molar-refractivity contribution is 6.33. The van der Waals surface area contributed by atoms with Gasteiger partial charge in [-0.15, -0.1) is 13.2 Å². The number of anilines is 3. The van der Waals surface area contributed by atoms with Crippen molar-refractivity contribution in [3.63, 3.8) is 0 Å². The number of hydrogen-bond donors (Lipinski definition) is 2. The summed E-state index contributed by atoms with van der Waals surface area (Å²) in [5.41, 5.74) is 2.51. The maximum atomic E-state index is 12.5. The molecule has 2 aromatic carbocycles. The second-order valence-electron chi connectivity index (χ2n) is 5.90. The molecule has 0 bridgehead atoms. The maximum absolute atomic E-state index is 12.5. The van der Waals surface area contributed by atoms with E-state index < -0.39 is 6.36 Å². The van der Waals surface area contributed by atoms with Crippen LogP contribution in [0.5, 0.6) is 5.75 Å². The Labute approximate surface area is 164 Å². The monoisotopic (exact) mass is 408 g/mol. The van der Waals surface area contributed by atoms with Crippen molar-refractivity contribution in [2.24, 2.45) is 0 Å². The molecule has 3 rings (SSSR count). The Morgan fingerprint density at radius 3 is 2.50 bits per heavy atom. The zero-order valence-electron chi connectivity index (χ0n) is 14.9. The molecule has 1 heterocycles. The minimum atomic E-state index is -4.77. The van der Waals surface area contributed by atoms with Crippen molar-refractivity contribution in [1.82, 2.24) is 9.97 Å². The summed E-state index contributed by atoms with van der Waals surface area (Å²) < 4.78 is 41.4. The fourth-order valence-corrected chi connectivity index (χ4v) is 2.77. The highest BCUT2D eigenvalue weighted by Gasteiger charge is 2.31.